The Bertz CT molecular complexity index is 3090. The van der Waals surface area contributed by atoms with Gasteiger partial charge in [-0.3, -0.25) is 38.4 Å². The third-order valence-corrected chi connectivity index (χ3v) is 13.6. The van der Waals surface area contributed by atoms with Crippen molar-refractivity contribution in [2.24, 2.45) is 0 Å². The van der Waals surface area contributed by atoms with Gasteiger partial charge in [-0.25, -0.2) is 0 Å². The molecule has 0 saturated carbocycles. The van der Waals surface area contributed by atoms with Crippen molar-refractivity contribution >= 4 is 85.7 Å². The molecule has 3 atom stereocenters. The first-order valence-corrected chi connectivity index (χ1v) is 24.1. The van der Waals surface area contributed by atoms with Crippen LogP contribution in [-0.2, 0) is 36.8 Å². The second-order valence-electron chi connectivity index (χ2n) is 18.2. The first-order valence-electron chi connectivity index (χ1n) is 24.1. The molecule has 6 aromatic rings. The van der Waals surface area contributed by atoms with Gasteiger partial charge >= 0.3 is 0 Å². The number of nitrogens with one attached hydrogen (secondary N) is 6. The molecule has 9 rings (SSSR count). The average molecular weight is 985 g/mol. The fourth-order valence-corrected chi connectivity index (χ4v) is 9.35. The van der Waals surface area contributed by atoms with Gasteiger partial charge in [0.25, 0.3) is 17.7 Å². The topological polar surface area (TPSA) is 256 Å². The summed E-state index contributed by atoms with van der Waals surface area (Å²) in [7, 11) is 8.38. The number of carbonyl (C=O) groups excluding carboxylic acids is 8. The molecule has 0 aliphatic carbocycles. The minimum Gasteiger partial charge on any atom is -0.399 e. The predicted molar refractivity (Wildman–Crippen MR) is 274 cm³/mol. The Morgan fingerprint density at radius 1 is 0.528 bits per heavy atom. The van der Waals surface area contributed by atoms with Crippen LogP contribution in [0.4, 0.5) is 5.69 Å². The number of anilines is 1. The molecule has 20 heteroatoms. The Morgan fingerprint density at radius 2 is 0.875 bits per heavy atom. The van der Waals surface area contributed by atoms with Gasteiger partial charge < -0.3 is 61.1 Å². The number of aromatic nitrogens is 3. The van der Waals surface area contributed by atoms with Crippen LogP contribution < -0.4 is 37.6 Å². The number of likely N-dealkylation sites (N-methyl/N-ethyl adjacent to an activating group) is 2. The largest absolute Gasteiger partial charge is 0.399 e. The Kier molecular flexibility index (Phi) is 16.0. The van der Waals surface area contributed by atoms with Crippen LogP contribution in [0.5, 0.6) is 0 Å². The van der Waals surface area contributed by atoms with Crippen molar-refractivity contribution in [1.82, 2.24) is 55.4 Å². The van der Waals surface area contributed by atoms with Gasteiger partial charge in [0.1, 0.15) is 17.1 Å². The number of nitrogen functional groups attached to an aromatic ring is 1. The highest BCUT2D eigenvalue weighted by molar-refractivity contribution is 6.02. The van der Waals surface area contributed by atoms with Crippen molar-refractivity contribution in [3.05, 3.63) is 101 Å². The molecule has 0 spiro atoms. The summed E-state index contributed by atoms with van der Waals surface area (Å²) < 4.78 is 5.85. The summed E-state index contributed by atoms with van der Waals surface area (Å²) in [4.78, 5) is 99.4. The van der Waals surface area contributed by atoms with Crippen molar-refractivity contribution in [3.8, 4) is 0 Å². The van der Waals surface area contributed by atoms with Gasteiger partial charge in [-0.1, -0.05) is 12.1 Å². The number of hydrogen-bond acceptors (Lipinski definition) is 9. The molecule has 3 aromatic heterocycles. The van der Waals surface area contributed by atoms with Gasteiger partial charge in [-0.15, -0.1) is 0 Å². The third-order valence-electron chi connectivity index (χ3n) is 13.6. The van der Waals surface area contributed by atoms with E-state index in [1.807, 2.05) is 100 Å². The molecular weight excluding hydrogens is 921 g/mol. The Hall–Kier alpha value is -8.16. The lowest BCUT2D eigenvalue weighted by molar-refractivity contribution is -0.131. The van der Waals surface area contributed by atoms with E-state index in [1.165, 1.54) is 0 Å². The van der Waals surface area contributed by atoms with Crippen molar-refractivity contribution < 1.29 is 38.4 Å². The summed E-state index contributed by atoms with van der Waals surface area (Å²) in [6.45, 7) is 6.52. The molecule has 72 heavy (non-hydrogen) atoms. The molecule has 20 nitrogen and oxygen atoms in total. The Balaban J connectivity index is 0.000000159. The SMILES string of the molecule is CCN(C)C(=O)CC1CNC(=O)c2cc3cc(CC(=O)NC)ccc3n21.CCN(C)C(=O)CC1CNC(=O)c2cc3cc(N)ccc3n21.CNC(=O)Cc1ccc2c(c1)cc1n2C(CC(=O)NC)CNC1=O. The Morgan fingerprint density at radius 3 is 1.24 bits per heavy atom. The maximum absolute atomic E-state index is 12.4. The molecule has 0 saturated heterocycles. The van der Waals surface area contributed by atoms with Crippen molar-refractivity contribution in [3.63, 3.8) is 0 Å². The van der Waals surface area contributed by atoms with Crippen molar-refractivity contribution in [2.45, 2.75) is 64.1 Å². The molecule has 3 unspecified atom stereocenters. The van der Waals surface area contributed by atoms with Crippen LogP contribution >= 0.6 is 0 Å². The van der Waals surface area contributed by atoms with E-state index in [0.29, 0.717) is 87.6 Å². The minimum atomic E-state index is -0.146. The van der Waals surface area contributed by atoms with E-state index >= 15 is 0 Å². The highest BCUT2D eigenvalue weighted by Gasteiger charge is 2.32. The second-order valence-corrected chi connectivity index (χ2v) is 18.2. The van der Waals surface area contributed by atoms with Gasteiger partial charge in [0.05, 0.1) is 31.0 Å². The molecule has 0 radical (unpaired) electrons. The number of carbonyl (C=O) groups is 8. The molecule has 380 valence electrons. The van der Waals surface area contributed by atoms with Crippen LogP contribution in [0, 0.1) is 0 Å². The smallest absolute Gasteiger partial charge is 0.268 e. The highest BCUT2D eigenvalue weighted by atomic mass is 16.2. The highest BCUT2D eigenvalue weighted by Crippen LogP contribution is 2.33. The zero-order chi connectivity index (χ0) is 52.0. The van der Waals surface area contributed by atoms with E-state index in [9.17, 15) is 38.4 Å². The number of fused-ring (bicyclic) bond motifs is 9. The quantitative estimate of drug-likeness (QED) is 0.0889. The molecule has 0 fully saturated rings. The third kappa shape index (κ3) is 11.1. The lowest BCUT2D eigenvalue weighted by Crippen LogP contribution is -2.41. The second kappa shape index (κ2) is 22.3. The molecule has 3 aliphatic rings. The minimum absolute atomic E-state index is 0.0534. The number of rotatable bonds is 12. The van der Waals surface area contributed by atoms with Crippen LogP contribution in [0.1, 0.15) is 93.8 Å². The number of nitrogens with zero attached hydrogens (tertiary/aromatic N) is 5. The zero-order valence-corrected chi connectivity index (χ0v) is 41.8. The normalized spacial score (nSPS) is 16.5. The van der Waals surface area contributed by atoms with Crippen molar-refractivity contribution in [2.75, 3.05) is 73.7 Å². The van der Waals surface area contributed by atoms with E-state index in [0.717, 1.165) is 43.8 Å². The lowest BCUT2D eigenvalue weighted by atomic mass is 10.1. The van der Waals surface area contributed by atoms with E-state index < -0.39 is 0 Å². The molecule has 0 bridgehead atoms. The standard InChI is InChI=1S/C19H24N4O3.C17H20N4O3.C16H20N4O2/c1-4-22(3)18(25)10-14-11-21-19(26)16-9-13-7-12(8-17(24)20-2)5-6-15(13)23(14)16;1-18-15(22)6-10-3-4-13-11(5-10)7-14-17(24)20-9-12(21(13)14)8-16(23)19-2;1-3-19(2)15(21)8-12-9-18-16(22)14-7-10-6-11(17)4-5-13(10)20(12)14/h5-7,9,14H,4,8,10-11H2,1-3H3,(H,20,24)(H,21,26);3-5,7,12H,6,8-9H2,1-2H3,(H,18,22)(H,19,23)(H,20,24);4-7,12H,3,8-9,17H2,1-2H3,(H,18,22). The fourth-order valence-electron chi connectivity index (χ4n) is 9.35. The van der Waals surface area contributed by atoms with Crippen LogP contribution in [0.25, 0.3) is 32.7 Å². The van der Waals surface area contributed by atoms with Gasteiger partial charge in [-0.2, -0.15) is 0 Å². The van der Waals surface area contributed by atoms with Crippen LogP contribution in [0.2, 0.25) is 0 Å². The lowest BCUT2D eigenvalue weighted by Gasteiger charge is -2.28. The first kappa shape index (κ1) is 51.7. The van der Waals surface area contributed by atoms with Gasteiger partial charge in [-0.05, 0) is 85.6 Å². The van der Waals surface area contributed by atoms with Crippen LogP contribution in [-0.4, -0.2) is 139 Å². The number of hydrogen-bond donors (Lipinski definition) is 7. The fraction of sp³-hybridized carbons (Fsp3) is 0.385. The monoisotopic (exact) mass is 984 g/mol. The first-order chi connectivity index (χ1) is 34.5. The molecule has 6 heterocycles. The van der Waals surface area contributed by atoms with Gasteiger partial charge in [0.2, 0.25) is 29.5 Å². The van der Waals surface area contributed by atoms with Crippen LogP contribution in [0.15, 0.2) is 72.8 Å². The van der Waals surface area contributed by atoms with Gasteiger partial charge in [0, 0.05) is 126 Å². The summed E-state index contributed by atoms with van der Waals surface area (Å²) in [5, 5.41) is 19.1. The Labute approximate surface area is 417 Å². The molecule has 8 N–H and O–H groups in total. The maximum Gasteiger partial charge on any atom is 0.268 e. The number of benzene rings is 3. The van der Waals surface area contributed by atoms with E-state index in [1.54, 1.807) is 45.0 Å². The zero-order valence-electron chi connectivity index (χ0n) is 41.8. The maximum atomic E-state index is 12.4. The average Bonchev–Trinajstić information content (AvgIpc) is 4.09. The summed E-state index contributed by atoms with van der Waals surface area (Å²) >= 11 is 0. The van der Waals surface area contributed by atoms with E-state index in [2.05, 4.69) is 31.9 Å². The predicted octanol–water partition coefficient (Wildman–Crippen LogP) is 2.81. The molecule has 8 amide bonds. The summed E-state index contributed by atoms with van der Waals surface area (Å²) in [6, 6.07) is 22.2. The van der Waals surface area contributed by atoms with E-state index in [4.69, 9.17) is 5.73 Å². The van der Waals surface area contributed by atoms with E-state index in [-0.39, 0.29) is 65.4 Å². The summed E-state index contributed by atoms with van der Waals surface area (Å²) in [5.74, 6) is -0.452. The van der Waals surface area contributed by atoms with Crippen LogP contribution in [0.3, 0.4) is 0 Å². The molecule has 3 aliphatic heterocycles. The summed E-state index contributed by atoms with van der Waals surface area (Å²) in [5.41, 5.74) is 12.7. The number of nitrogens with two attached hydrogens (primary N) is 1. The molecular formula is C52H64N12O8. The molecule has 3 aromatic carbocycles. The number of amides is 8. The van der Waals surface area contributed by atoms with Crippen molar-refractivity contribution in [1.29, 1.82) is 0 Å². The van der Waals surface area contributed by atoms with Gasteiger partial charge in [0.15, 0.2) is 0 Å². The summed E-state index contributed by atoms with van der Waals surface area (Å²) in [6.07, 6.45) is 1.59.